The first-order valence-electron chi connectivity index (χ1n) is 6.14. The molecule has 0 saturated carbocycles. The zero-order valence-corrected chi connectivity index (χ0v) is 12.0. The average Bonchev–Trinajstić information content (AvgIpc) is 2.45. The first-order chi connectivity index (χ1) is 9.91. The lowest BCUT2D eigenvalue weighted by Gasteiger charge is -2.20. The minimum atomic E-state index is -3.80. The van der Waals surface area contributed by atoms with Crippen molar-refractivity contribution in [1.82, 2.24) is 4.31 Å². The van der Waals surface area contributed by atoms with Crippen LogP contribution in [0.3, 0.4) is 0 Å². The zero-order valence-electron chi connectivity index (χ0n) is 11.2. The van der Waals surface area contributed by atoms with E-state index in [1.54, 1.807) is 0 Å². The van der Waals surface area contributed by atoms with E-state index in [2.05, 4.69) is 0 Å². The third-order valence-corrected chi connectivity index (χ3v) is 4.55. The van der Waals surface area contributed by atoms with Crippen LogP contribution in [0.4, 0.5) is 0 Å². The number of carbonyl (C=O) groups is 1. The predicted octanol–water partition coefficient (Wildman–Crippen LogP) is -0.240. The molecule has 0 fully saturated rings. The van der Waals surface area contributed by atoms with E-state index in [1.807, 2.05) is 0 Å². The van der Waals surface area contributed by atoms with E-state index < -0.39 is 16.0 Å². The molecule has 0 atom stereocenters. The van der Waals surface area contributed by atoms with E-state index >= 15 is 0 Å². The van der Waals surface area contributed by atoms with Crippen molar-refractivity contribution in [1.29, 1.82) is 0 Å². The first kappa shape index (κ1) is 17.3. The number of carboxylic acids is 1. The Kier molecular flexibility index (Phi) is 6.50. The number of hydrogen-bond acceptors (Lipinski definition) is 5. The van der Waals surface area contributed by atoms with Gasteiger partial charge >= 0.3 is 5.97 Å². The molecule has 0 aliphatic rings. The van der Waals surface area contributed by atoms with E-state index in [4.69, 9.17) is 15.3 Å². The van der Waals surface area contributed by atoms with Crippen molar-refractivity contribution in [3.63, 3.8) is 0 Å². The van der Waals surface area contributed by atoms with E-state index in [9.17, 15) is 13.2 Å². The van der Waals surface area contributed by atoms with Gasteiger partial charge in [0.15, 0.2) is 0 Å². The second-order valence-electron chi connectivity index (χ2n) is 4.09. The zero-order chi connectivity index (χ0) is 15.9. The van der Waals surface area contributed by atoms with Gasteiger partial charge < -0.3 is 15.3 Å². The van der Waals surface area contributed by atoms with Gasteiger partial charge in [-0.2, -0.15) is 4.31 Å². The van der Waals surface area contributed by atoms with Gasteiger partial charge in [-0.05, 0) is 23.8 Å². The second kappa shape index (κ2) is 7.89. The Morgan fingerprint density at radius 3 is 2.05 bits per heavy atom. The number of sulfonamides is 1. The van der Waals surface area contributed by atoms with Crippen LogP contribution in [0, 0.1) is 0 Å². The van der Waals surface area contributed by atoms with Crippen LogP contribution in [0.1, 0.15) is 5.56 Å². The Balaban J connectivity index is 3.00. The van der Waals surface area contributed by atoms with Gasteiger partial charge in [0.1, 0.15) is 0 Å². The first-order valence-corrected chi connectivity index (χ1v) is 7.58. The normalized spacial score (nSPS) is 12.1. The Morgan fingerprint density at radius 1 is 1.10 bits per heavy atom. The van der Waals surface area contributed by atoms with E-state index in [-0.39, 0.29) is 31.2 Å². The van der Waals surface area contributed by atoms with Crippen LogP contribution in [-0.2, 0) is 14.8 Å². The topological polar surface area (TPSA) is 115 Å². The Bertz CT molecular complexity index is 588. The van der Waals surface area contributed by atoms with Crippen molar-refractivity contribution >= 4 is 22.1 Å². The summed E-state index contributed by atoms with van der Waals surface area (Å²) in [7, 11) is -3.80. The molecule has 0 aliphatic carbocycles. The molecule has 0 amide bonds. The fourth-order valence-electron chi connectivity index (χ4n) is 1.64. The highest BCUT2D eigenvalue weighted by Crippen LogP contribution is 2.16. The van der Waals surface area contributed by atoms with Crippen LogP contribution < -0.4 is 0 Å². The third kappa shape index (κ3) is 4.94. The number of aliphatic carboxylic acids is 1. The standard InChI is InChI=1S/C13H17NO6S/c15-9-7-14(8-10-16)21(19,20)12-4-1-11(2-5-12)3-6-13(17)18/h1-6,15-16H,7-10H2,(H,17,18). The molecule has 3 N–H and O–H groups in total. The number of aliphatic hydroxyl groups is 2. The summed E-state index contributed by atoms with van der Waals surface area (Å²) in [4.78, 5) is 10.4. The number of nitrogens with zero attached hydrogens (tertiary/aromatic N) is 1. The van der Waals surface area contributed by atoms with Gasteiger partial charge in [0.2, 0.25) is 10.0 Å². The summed E-state index contributed by atoms with van der Waals surface area (Å²) in [5.74, 6) is -1.09. The molecular formula is C13H17NO6S. The highest BCUT2D eigenvalue weighted by atomic mass is 32.2. The van der Waals surface area contributed by atoms with E-state index in [1.165, 1.54) is 30.3 Å². The van der Waals surface area contributed by atoms with Gasteiger partial charge in [-0.25, -0.2) is 13.2 Å². The highest BCUT2D eigenvalue weighted by molar-refractivity contribution is 7.89. The molecular weight excluding hydrogens is 298 g/mol. The van der Waals surface area contributed by atoms with Gasteiger partial charge in [-0.1, -0.05) is 12.1 Å². The number of benzene rings is 1. The smallest absolute Gasteiger partial charge is 0.328 e. The summed E-state index contributed by atoms with van der Waals surface area (Å²) in [6.07, 6.45) is 2.30. The molecule has 8 heteroatoms. The molecule has 0 aromatic heterocycles. The summed E-state index contributed by atoms with van der Waals surface area (Å²) in [5.41, 5.74) is 0.548. The number of aliphatic hydroxyl groups excluding tert-OH is 2. The maximum atomic E-state index is 12.3. The van der Waals surface area contributed by atoms with Gasteiger partial charge in [0.05, 0.1) is 18.1 Å². The van der Waals surface area contributed by atoms with Crippen molar-refractivity contribution in [2.75, 3.05) is 26.3 Å². The Morgan fingerprint density at radius 2 is 1.62 bits per heavy atom. The lowest BCUT2D eigenvalue weighted by molar-refractivity contribution is -0.131. The molecule has 21 heavy (non-hydrogen) atoms. The second-order valence-corrected chi connectivity index (χ2v) is 6.03. The monoisotopic (exact) mass is 315 g/mol. The quantitative estimate of drug-likeness (QED) is 0.570. The van der Waals surface area contributed by atoms with Crippen molar-refractivity contribution < 1.29 is 28.5 Å². The van der Waals surface area contributed by atoms with E-state index in [0.717, 1.165) is 10.4 Å². The third-order valence-electron chi connectivity index (χ3n) is 2.64. The molecule has 116 valence electrons. The van der Waals surface area contributed by atoms with Crippen LogP contribution in [0.2, 0.25) is 0 Å². The molecule has 0 saturated heterocycles. The van der Waals surface area contributed by atoms with E-state index in [0.29, 0.717) is 5.56 Å². The molecule has 1 aromatic carbocycles. The van der Waals surface area contributed by atoms with Crippen molar-refractivity contribution in [2.45, 2.75) is 4.90 Å². The summed E-state index contributed by atoms with van der Waals surface area (Å²) < 4.78 is 25.5. The van der Waals surface area contributed by atoms with Crippen LogP contribution >= 0.6 is 0 Å². The summed E-state index contributed by atoms with van der Waals surface area (Å²) in [5, 5.41) is 26.3. The fraction of sp³-hybridized carbons (Fsp3) is 0.308. The molecule has 0 radical (unpaired) electrons. The summed E-state index contributed by atoms with van der Waals surface area (Å²) >= 11 is 0. The van der Waals surface area contributed by atoms with Crippen molar-refractivity contribution in [3.8, 4) is 0 Å². The largest absolute Gasteiger partial charge is 0.478 e. The van der Waals surface area contributed by atoms with Gasteiger partial charge in [0, 0.05) is 19.2 Å². The van der Waals surface area contributed by atoms with Crippen LogP contribution in [0.25, 0.3) is 6.08 Å². The van der Waals surface area contributed by atoms with Gasteiger partial charge in [-0.15, -0.1) is 0 Å². The average molecular weight is 315 g/mol. The van der Waals surface area contributed by atoms with Gasteiger partial charge in [0.25, 0.3) is 0 Å². The molecule has 0 heterocycles. The van der Waals surface area contributed by atoms with Crippen molar-refractivity contribution in [3.05, 3.63) is 35.9 Å². The number of rotatable bonds is 8. The molecule has 1 rings (SSSR count). The number of hydrogen-bond donors (Lipinski definition) is 3. The molecule has 0 unspecified atom stereocenters. The van der Waals surface area contributed by atoms with Crippen molar-refractivity contribution in [2.24, 2.45) is 0 Å². The lowest BCUT2D eigenvalue weighted by Crippen LogP contribution is -2.35. The Hall–Kier alpha value is -1.74. The predicted molar refractivity (Wildman–Crippen MR) is 76.0 cm³/mol. The molecule has 7 nitrogen and oxygen atoms in total. The van der Waals surface area contributed by atoms with Crippen LogP contribution in [-0.4, -0.2) is 60.3 Å². The van der Waals surface area contributed by atoms with Crippen LogP contribution in [0.5, 0.6) is 0 Å². The SMILES string of the molecule is O=C(O)C=Cc1ccc(S(=O)(=O)N(CCO)CCO)cc1. The maximum Gasteiger partial charge on any atom is 0.328 e. The highest BCUT2D eigenvalue weighted by Gasteiger charge is 2.23. The summed E-state index contributed by atoms with van der Waals surface area (Å²) in [6.45, 7) is -0.912. The Labute approximate surface area is 122 Å². The minimum absolute atomic E-state index is 0.0110. The number of carboxylic acid groups (broad SMARTS) is 1. The maximum absolute atomic E-state index is 12.3. The molecule has 1 aromatic rings. The molecule has 0 bridgehead atoms. The molecule has 0 spiro atoms. The summed E-state index contributed by atoms with van der Waals surface area (Å²) in [6, 6.07) is 5.64. The minimum Gasteiger partial charge on any atom is -0.478 e. The fourth-order valence-corrected chi connectivity index (χ4v) is 3.06. The lowest BCUT2D eigenvalue weighted by atomic mass is 10.2. The van der Waals surface area contributed by atoms with Crippen LogP contribution in [0.15, 0.2) is 35.2 Å². The molecule has 0 aliphatic heterocycles. The van der Waals surface area contributed by atoms with Gasteiger partial charge in [-0.3, -0.25) is 0 Å².